The zero-order valence-electron chi connectivity index (χ0n) is 19.7. The number of hydrogen-bond acceptors (Lipinski definition) is 3. The molecule has 0 saturated heterocycles. The van der Waals surface area contributed by atoms with Crippen LogP contribution in [0.1, 0.15) is 70.4 Å². The lowest BCUT2D eigenvalue weighted by Gasteiger charge is -2.37. The highest BCUT2D eigenvalue weighted by molar-refractivity contribution is 7.84. The van der Waals surface area contributed by atoms with Crippen molar-refractivity contribution < 1.29 is 22.5 Å². The van der Waals surface area contributed by atoms with Gasteiger partial charge in [0, 0.05) is 25.9 Å². The second-order valence-corrected chi connectivity index (χ2v) is 12.4. The molecule has 1 aromatic rings. The maximum Gasteiger partial charge on any atom is 0.248 e. The van der Waals surface area contributed by atoms with Crippen molar-refractivity contribution in [2.24, 2.45) is 16.5 Å². The molecule has 2 saturated carbocycles. The SMILES string of the molecule is C=C1c2cc(OCC3CC(F)(F)C3)ccc2CC12CCC(OC)CC2.CC(C)(C)S(N)=O. The number of benzene rings is 1. The Labute approximate surface area is 193 Å². The van der Waals surface area contributed by atoms with Crippen molar-refractivity contribution in [3.8, 4) is 5.75 Å². The van der Waals surface area contributed by atoms with Crippen LogP contribution in [0.25, 0.3) is 5.57 Å². The van der Waals surface area contributed by atoms with Gasteiger partial charge in [0.05, 0.1) is 28.4 Å². The van der Waals surface area contributed by atoms with E-state index in [-0.39, 0.29) is 28.9 Å². The first kappa shape index (κ1) is 25.3. The molecule has 0 radical (unpaired) electrons. The number of nitrogens with two attached hydrogens (primary N) is 1. The fourth-order valence-corrected chi connectivity index (χ4v) is 4.81. The average Bonchev–Trinajstić information content (AvgIpc) is 2.96. The van der Waals surface area contributed by atoms with Gasteiger partial charge >= 0.3 is 0 Å². The molecule has 1 aromatic carbocycles. The molecule has 1 spiro atoms. The number of methoxy groups -OCH3 is 1. The van der Waals surface area contributed by atoms with Crippen LogP contribution in [-0.2, 0) is 22.1 Å². The van der Waals surface area contributed by atoms with E-state index in [9.17, 15) is 13.0 Å². The molecular formula is C25H37F2NO3S. The number of halogens is 2. The summed E-state index contributed by atoms with van der Waals surface area (Å²) in [4.78, 5) is 0. The van der Waals surface area contributed by atoms with E-state index in [0.717, 1.165) is 37.9 Å². The lowest BCUT2D eigenvalue weighted by molar-refractivity contribution is -0.119. The first-order chi connectivity index (χ1) is 14.8. The van der Waals surface area contributed by atoms with Gasteiger partial charge in [0.1, 0.15) is 5.75 Å². The van der Waals surface area contributed by atoms with Crippen LogP contribution in [0, 0.1) is 11.3 Å². The molecule has 7 heteroatoms. The zero-order valence-corrected chi connectivity index (χ0v) is 20.5. The maximum atomic E-state index is 12.9. The average molecular weight is 470 g/mol. The van der Waals surface area contributed by atoms with Crippen LogP contribution >= 0.6 is 0 Å². The van der Waals surface area contributed by atoms with Crippen LogP contribution in [0.3, 0.4) is 0 Å². The van der Waals surface area contributed by atoms with Crippen molar-refractivity contribution in [3.63, 3.8) is 0 Å². The number of allylic oxidation sites excluding steroid dienone is 1. The summed E-state index contributed by atoms with van der Waals surface area (Å²) in [5.41, 5.74) is 3.93. The second kappa shape index (κ2) is 9.51. The minimum atomic E-state index is -2.48. The second-order valence-electron chi connectivity index (χ2n) is 10.5. The predicted molar refractivity (Wildman–Crippen MR) is 126 cm³/mol. The topological polar surface area (TPSA) is 61.6 Å². The summed E-state index contributed by atoms with van der Waals surface area (Å²) in [7, 11) is 0.611. The van der Waals surface area contributed by atoms with E-state index < -0.39 is 16.9 Å². The van der Waals surface area contributed by atoms with Crippen molar-refractivity contribution in [2.45, 2.75) is 82.5 Å². The summed E-state index contributed by atoms with van der Waals surface area (Å²) in [6.07, 6.45) is 5.74. The number of rotatable bonds is 4. The Kier molecular flexibility index (Phi) is 7.52. The molecule has 0 amide bonds. The third-order valence-corrected chi connectivity index (χ3v) is 8.27. The van der Waals surface area contributed by atoms with Crippen LogP contribution in [0.15, 0.2) is 24.8 Å². The van der Waals surface area contributed by atoms with Crippen molar-refractivity contribution in [3.05, 3.63) is 35.9 Å². The van der Waals surface area contributed by atoms with E-state index >= 15 is 0 Å². The van der Waals surface area contributed by atoms with Gasteiger partial charge in [-0.25, -0.2) is 13.0 Å². The molecule has 2 N–H and O–H groups in total. The third kappa shape index (κ3) is 5.78. The molecule has 4 rings (SSSR count). The Morgan fingerprint density at radius 1 is 1.22 bits per heavy atom. The van der Waals surface area contributed by atoms with E-state index in [1.165, 1.54) is 16.7 Å². The molecule has 2 fully saturated rings. The molecule has 3 aliphatic rings. The fourth-order valence-electron chi connectivity index (χ4n) is 4.81. The van der Waals surface area contributed by atoms with Crippen LogP contribution < -0.4 is 9.88 Å². The van der Waals surface area contributed by atoms with Crippen molar-refractivity contribution >= 4 is 16.6 Å². The van der Waals surface area contributed by atoms with Crippen molar-refractivity contribution in [1.29, 1.82) is 0 Å². The van der Waals surface area contributed by atoms with Gasteiger partial charge in [0.2, 0.25) is 5.92 Å². The summed E-state index contributed by atoms with van der Waals surface area (Å²) >= 11 is 0. The minimum absolute atomic E-state index is 0.0258. The third-order valence-electron chi connectivity index (χ3n) is 7.06. The quantitative estimate of drug-likeness (QED) is 0.619. The Hall–Kier alpha value is -1.31. The number of fused-ring (bicyclic) bond motifs is 1. The molecule has 3 aliphatic carbocycles. The van der Waals surface area contributed by atoms with E-state index in [0.29, 0.717) is 12.7 Å². The number of hydrogen-bond donors (Lipinski definition) is 1. The van der Waals surface area contributed by atoms with Gasteiger partial charge in [0.25, 0.3) is 0 Å². The highest BCUT2D eigenvalue weighted by atomic mass is 32.2. The van der Waals surface area contributed by atoms with E-state index in [1.54, 1.807) is 7.11 Å². The van der Waals surface area contributed by atoms with Gasteiger partial charge in [0.15, 0.2) is 0 Å². The predicted octanol–water partition coefficient (Wildman–Crippen LogP) is 5.66. The van der Waals surface area contributed by atoms with Crippen molar-refractivity contribution in [1.82, 2.24) is 0 Å². The monoisotopic (exact) mass is 469 g/mol. The van der Waals surface area contributed by atoms with Gasteiger partial charge in [-0.3, -0.25) is 5.14 Å². The van der Waals surface area contributed by atoms with Crippen molar-refractivity contribution in [2.75, 3.05) is 13.7 Å². The molecule has 1 atom stereocenters. The summed E-state index contributed by atoms with van der Waals surface area (Å²) in [6.45, 7) is 10.3. The van der Waals surface area contributed by atoms with Gasteiger partial charge in [-0.2, -0.15) is 0 Å². The summed E-state index contributed by atoms with van der Waals surface area (Å²) in [5, 5.41) is 5.04. The minimum Gasteiger partial charge on any atom is -0.493 e. The Bertz CT molecular complexity index is 849. The summed E-state index contributed by atoms with van der Waals surface area (Å²) < 4.78 is 47.3. The Balaban J connectivity index is 0.000000360. The highest BCUT2D eigenvalue weighted by Gasteiger charge is 2.46. The van der Waals surface area contributed by atoms with Gasteiger partial charge in [-0.05, 0) is 87.1 Å². The smallest absolute Gasteiger partial charge is 0.248 e. The molecule has 32 heavy (non-hydrogen) atoms. The Morgan fingerprint density at radius 2 is 1.81 bits per heavy atom. The lowest BCUT2D eigenvalue weighted by Crippen LogP contribution is -2.38. The molecule has 0 aromatic heterocycles. The van der Waals surface area contributed by atoms with E-state index in [4.69, 9.17) is 14.6 Å². The molecule has 180 valence electrons. The molecule has 0 aliphatic heterocycles. The Morgan fingerprint density at radius 3 is 2.31 bits per heavy atom. The first-order valence-electron chi connectivity index (χ1n) is 11.4. The fraction of sp³-hybridized carbons (Fsp3) is 0.680. The van der Waals surface area contributed by atoms with Gasteiger partial charge in [-0.1, -0.05) is 12.6 Å². The number of alkyl halides is 2. The first-order valence-corrected chi connectivity index (χ1v) is 12.6. The number of ether oxygens (including phenoxy) is 2. The van der Waals surface area contributed by atoms with Crippen LogP contribution in [0.5, 0.6) is 5.75 Å². The van der Waals surface area contributed by atoms with Gasteiger partial charge < -0.3 is 9.47 Å². The molecule has 0 heterocycles. The molecule has 1 unspecified atom stereocenters. The van der Waals surface area contributed by atoms with Gasteiger partial charge in [-0.15, -0.1) is 0 Å². The summed E-state index contributed by atoms with van der Waals surface area (Å²) in [5.74, 6) is -1.73. The normalized spacial score (nSPS) is 23.2. The van der Waals surface area contributed by atoms with E-state index in [2.05, 4.69) is 18.7 Å². The lowest BCUT2D eigenvalue weighted by atomic mass is 9.69. The molecular weight excluding hydrogens is 432 g/mol. The van der Waals surface area contributed by atoms with E-state index in [1.807, 2.05) is 26.8 Å². The zero-order chi connectivity index (χ0) is 23.7. The maximum absolute atomic E-state index is 12.9. The van der Waals surface area contributed by atoms with Crippen LogP contribution in [0.4, 0.5) is 8.78 Å². The summed E-state index contributed by atoms with van der Waals surface area (Å²) in [6, 6.07) is 6.16. The standard InChI is InChI=1S/C21H26F2O2.C4H11NOS/c1-14-19-9-18(25-13-15-10-21(22,23)11-15)4-3-16(19)12-20(14)7-5-17(24-2)6-8-20;1-4(2,3)7(5)6/h3-4,9,15,17H,1,5-8,10-13H2,2H3;5H2,1-3H3. The molecule has 4 nitrogen and oxygen atoms in total. The van der Waals surface area contributed by atoms with Crippen LogP contribution in [-0.4, -0.2) is 34.7 Å². The van der Waals surface area contributed by atoms with Crippen LogP contribution in [0.2, 0.25) is 0 Å². The largest absolute Gasteiger partial charge is 0.493 e. The molecule has 0 bridgehead atoms. The highest BCUT2D eigenvalue weighted by Crippen LogP contribution is 2.54.